The van der Waals surface area contributed by atoms with E-state index in [1.165, 1.54) is 6.26 Å². The van der Waals surface area contributed by atoms with Crippen LogP contribution in [0.3, 0.4) is 0 Å². The van der Waals surface area contributed by atoms with Gasteiger partial charge in [0, 0.05) is 12.8 Å². The first-order valence-corrected chi connectivity index (χ1v) is 9.69. The van der Waals surface area contributed by atoms with Crippen LogP contribution >= 0.6 is 15.9 Å². The van der Waals surface area contributed by atoms with Crippen LogP contribution in [-0.2, 0) is 22.0 Å². The summed E-state index contributed by atoms with van der Waals surface area (Å²) in [4.78, 5) is 2.02. The lowest BCUT2D eigenvalue weighted by Gasteiger charge is -2.30. The first kappa shape index (κ1) is 16.9. The number of hydrogen-bond donors (Lipinski definition) is 1. The Balaban J connectivity index is 2.42. The number of aromatic nitrogens is 2. The minimum Gasteiger partial charge on any atom is -0.382 e. The Kier molecular flexibility index (Phi) is 4.82. The van der Waals surface area contributed by atoms with Gasteiger partial charge in [-0.05, 0) is 49.3 Å². The van der Waals surface area contributed by atoms with Gasteiger partial charge in [0.05, 0.1) is 28.2 Å². The smallest absolute Gasteiger partial charge is 0.153 e. The van der Waals surface area contributed by atoms with E-state index in [2.05, 4.69) is 21.0 Å². The lowest BCUT2D eigenvalue weighted by molar-refractivity contribution is 0.0370. The van der Waals surface area contributed by atoms with Crippen LogP contribution in [0.5, 0.6) is 0 Å². The molecule has 0 aromatic carbocycles. The molecule has 1 saturated carbocycles. The zero-order chi connectivity index (χ0) is 15.8. The lowest BCUT2D eigenvalue weighted by atomic mass is 9.97. The number of sulfone groups is 1. The summed E-state index contributed by atoms with van der Waals surface area (Å²) >= 11 is 3.41. The molecule has 0 radical (unpaired) electrons. The van der Waals surface area contributed by atoms with Crippen LogP contribution in [0.15, 0.2) is 10.7 Å². The molecular weight excluding hydrogens is 358 g/mol. The van der Waals surface area contributed by atoms with Crippen molar-refractivity contribution in [2.24, 2.45) is 0 Å². The highest BCUT2D eigenvalue weighted by Gasteiger charge is 2.50. The Morgan fingerprint density at radius 2 is 2.24 bits per heavy atom. The largest absolute Gasteiger partial charge is 0.382 e. The van der Waals surface area contributed by atoms with E-state index < -0.39 is 20.7 Å². The fourth-order valence-electron chi connectivity index (χ4n) is 3.05. The van der Waals surface area contributed by atoms with Crippen molar-refractivity contribution in [2.45, 2.75) is 36.7 Å². The van der Waals surface area contributed by atoms with Crippen LogP contribution in [-0.4, -0.2) is 60.4 Å². The van der Waals surface area contributed by atoms with Gasteiger partial charge in [0.15, 0.2) is 9.84 Å². The number of halogens is 1. The quantitative estimate of drug-likeness (QED) is 0.825. The SMILES string of the molecule is CN(C)CCn1ncc(Br)c1C1(O)CCCC1S(C)(=O)=O. The van der Waals surface area contributed by atoms with E-state index in [9.17, 15) is 13.5 Å². The standard InChI is InChI=1S/C13H22BrN3O3S/c1-16(2)7-8-17-12(10(14)9-15-17)13(18)6-4-5-11(13)21(3,19)20/h9,11,18H,4-8H2,1-3H3. The van der Waals surface area contributed by atoms with Crippen molar-refractivity contribution in [1.29, 1.82) is 0 Å². The highest BCUT2D eigenvalue weighted by molar-refractivity contribution is 9.10. The first-order valence-electron chi connectivity index (χ1n) is 6.94. The molecule has 0 amide bonds. The number of likely N-dealkylation sites (N-methyl/N-ethyl adjacent to an activating group) is 1. The Morgan fingerprint density at radius 3 is 2.81 bits per heavy atom. The molecule has 0 aliphatic heterocycles. The van der Waals surface area contributed by atoms with Gasteiger partial charge in [-0.25, -0.2) is 8.42 Å². The van der Waals surface area contributed by atoms with E-state index >= 15 is 0 Å². The first-order chi connectivity index (χ1) is 9.66. The summed E-state index contributed by atoms with van der Waals surface area (Å²) in [6.45, 7) is 1.37. The Hall–Kier alpha value is -0.440. The number of nitrogens with zero attached hydrogens (tertiary/aromatic N) is 3. The van der Waals surface area contributed by atoms with Gasteiger partial charge in [-0.2, -0.15) is 5.10 Å². The van der Waals surface area contributed by atoms with E-state index in [1.54, 1.807) is 10.9 Å². The zero-order valence-electron chi connectivity index (χ0n) is 12.6. The van der Waals surface area contributed by atoms with E-state index in [-0.39, 0.29) is 0 Å². The monoisotopic (exact) mass is 379 g/mol. The number of rotatable bonds is 5. The molecule has 0 bridgehead atoms. The molecule has 2 unspecified atom stereocenters. The van der Waals surface area contributed by atoms with Crippen LogP contribution in [0.2, 0.25) is 0 Å². The van der Waals surface area contributed by atoms with E-state index in [0.29, 0.717) is 36.0 Å². The molecule has 1 N–H and O–H groups in total. The maximum Gasteiger partial charge on any atom is 0.153 e. The summed E-state index contributed by atoms with van der Waals surface area (Å²) in [5, 5.41) is 14.6. The molecule has 1 aliphatic rings. The molecule has 21 heavy (non-hydrogen) atoms. The molecular formula is C13H22BrN3O3S. The molecule has 2 atom stereocenters. The number of aliphatic hydroxyl groups is 1. The summed E-state index contributed by atoms with van der Waals surface area (Å²) in [5.41, 5.74) is -0.785. The third-order valence-corrected chi connectivity index (χ3v) is 6.28. The third-order valence-electron chi connectivity index (χ3n) is 4.04. The van der Waals surface area contributed by atoms with Crippen molar-refractivity contribution >= 4 is 25.8 Å². The predicted molar refractivity (Wildman–Crippen MR) is 84.9 cm³/mol. The molecule has 2 rings (SSSR count). The van der Waals surface area contributed by atoms with E-state index in [0.717, 1.165) is 6.54 Å². The maximum atomic E-state index is 12.0. The van der Waals surface area contributed by atoms with Crippen LogP contribution < -0.4 is 0 Å². The fourth-order valence-corrected chi connectivity index (χ4v) is 5.23. The minimum absolute atomic E-state index is 0.441. The van der Waals surface area contributed by atoms with Gasteiger partial charge in [-0.3, -0.25) is 4.68 Å². The van der Waals surface area contributed by atoms with E-state index in [1.807, 2.05) is 19.0 Å². The maximum absolute atomic E-state index is 12.0. The Bertz CT molecular complexity index is 614. The second-order valence-corrected chi connectivity index (χ2v) is 9.08. The van der Waals surface area contributed by atoms with Crippen molar-refractivity contribution in [2.75, 3.05) is 26.9 Å². The molecule has 1 aliphatic carbocycles. The van der Waals surface area contributed by atoms with Gasteiger partial charge in [0.25, 0.3) is 0 Å². The molecule has 1 aromatic heterocycles. The highest BCUT2D eigenvalue weighted by Crippen LogP contribution is 2.44. The van der Waals surface area contributed by atoms with Crippen molar-refractivity contribution < 1.29 is 13.5 Å². The van der Waals surface area contributed by atoms with Crippen LogP contribution in [0.4, 0.5) is 0 Å². The summed E-state index contributed by atoms with van der Waals surface area (Å²) in [5.74, 6) is 0. The van der Waals surface area contributed by atoms with Gasteiger partial charge in [-0.15, -0.1) is 0 Å². The van der Waals surface area contributed by atoms with Crippen molar-refractivity contribution in [1.82, 2.24) is 14.7 Å². The predicted octanol–water partition coefficient (Wildman–Crippen LogP) is 0.992. The van der Waals surface area contributed by atoms with Gasteiger partial charge < -0.3 is 10.0 Å². The second kappa shape index (κ2) is 5.98. The van der Waals surface area contributed by atoms with Crippen molar-refractivity contribution in [3.63, 3.8) is 0 Å². The van der Waals surface area contributed by atoms with Crippen LogP contribution in [0, 0.1) is 0 Å². The molecule has 0 spiro atoms. The molecule has 120 valence electrons. The average molecular weight is 380 g/mol. The van der Waals surface area contributed by atoms with Gasteiger partial charge in [0.2, 0.25) is 0 Å². The second-order valence-electron chi connectivity index (χ2n) is 6.00. The Labute approximate surface area is 134 Å². The van der Waals surface area contributed by atoms with E-state index in [4.69, 9.17) is 0 Å². The van der Waals surface area contributed by atoms with Gasteiger partial charge in [-0.1, -0.05) is 0 Å². The van der Waals surface area contributed by atoms with Gasteiger partial charge in [0.1, 0.15) is 5.60 Å². The Morgan fingerprint density at radius 1 is 1.57 bits per heavy atom. The molecule has 8 heteroatoms. The average Bonchev–Trinajstić information content (AvgIpc) is 2.90. The zero-order valence-corrected chi connectivity index (χ0v) is 15.0. The molecule has 1 aromatic rings. The third kappa shape index (κ3) is 3.33. The minimum atomic E-state index is -3.32. The normalized spacial score (nSPS) is 26.7. The van der Waals surface area contributed by atoms with Crippen molar-refractivity contribution in [3.8, 4) is 0 Å². The summed E-state index contributed by atoms with van der Waals surface area (Å²) in [7, 11) is 0.597. The fraction of sp³-hybridized carbons (Fsp3) is 0.769. The van der Waals surface area contributed by atoms with Crippen LogP contribution in [0.25, 0.3) is 0 Å². The lowest BCUT2D eigenvalue weighted by Crippen LogP contribution is -2.42. The summed E-state index contributed by atoms with van der Waals surface area (Å²) in [6.07, 6.45) is 4.44. The van der Waals surface area contributed by atoms with Gasteiger partial charge >= 0.3 is 0 Å². The molecule has 0 saturated heterocycles. The van der Waals surface area contributed by atoms with Crippen LogP contribution in [0.1, 0.15) is 25.0 Å². The topological polar surface area (TPSA) is 75.4 Å². The highest BCUT2D eigenvalue weighted by atomic mass is 79.9. The van der Waals surface area contributed by atoms with Crippen molar-refractivity contribution in [3.05, 3.63) is 16.4 Å². The summed E-state index contributed by atoms with van der Waals surface area (Å²) in [6, 6.07) is 0. The molecule has 6 nitrogen and oxygen atoms in total. The molecule has 1 fully saturated rings. The summed E-state index contributed by atoms with van der Waals surface area (Å²) < 4.78 is 26.4. The number of hydrogen-bond acceptors (Lipinski definition) is 5. The molecule has 1 heterocycles.